The number of carbonyl (C=O) groups excluding carboxylic acids is 4. The van der Waals surface area contributed by atoms with Crippen molar-refractivity contribution in [1.29, 1.82) is 0 Å². The van der Waals surface area contributed by atoms with Crippen LogP contribution in [0.4, 0.5) is 26.3 Å². The molecule has 210 valence electrons. The van der Waals surface area contributed by atoms with Crippen molar-refractivity contribution in [2.45, 2.75) is 12.4 Å². The van der Waals surface area contributed by atoms with Gasteiger partial charge in [-0.1, -0.05) is 24.3 Å². The standard InChI is InChI=1S/C29H11F6NO6/c30-28(31,32)14-7-12(8-15(11-14)29(33,34)35)13-9-20(16-3-1-5-18-22(16)26(39)41-24(18)37)36-21(10-13)17-4-2-6-19-23(17)27(40)42-25(19)38/h1-11H. The van der Waals surface area contributed by atoms with Crippen molar-refractivity contribution in [2.75, 3.05) is 0 Å². The highest BCUT2D eigenvalue weighted by atomic mass is 19.4. The molecule has 0 radical (unpaired) electrons. The van der Waals surface area contributed by atoms with E-state index in [2.05, 4.69) is 14.5 Å². The maximum Gasteiger partial charge on any atom is 0.416 e. The van der Waals surface area contributed by atoms with Crippen molar-refractivity contribution in [2.24, 2.45) is 0 Å². The molecule has 0 bridgehead atoms. The van der Waals surface area contributed by atoms with Gasteiger partial charge in [0, 0.05) is 11.1 Å². The number of halogens is 6. The van der Waals surface area contributed by atoms with Crippen LogP contribution in [0.3, 0.4) is 0 Å². The van der Waals surface area contributed by atoms with Crippen LogP contribution in [0.25, 0.3) is 33.6 Å². The minimum absolute atomic E-state index is 0.0132. The van der Waals surface area contributed by atoms with Crippen molar-refractivity contribution in [3.63, 3.8) is 0 Å². The molecule has 3 heterocycles. The number of ether oxygens (including phenoxy) is 2. The zero-order valence-electron chi connectivity index (χ0n) is 20.5. The quantitative estimate of drug-likeness (QED) is 0.150. The molecule has 42 heavy (non-hydrogen) atoms. The molecule has 6 rings (SSSR count). The van der Waals surface area contributed by atoms with Crippen molar-refractivity contribution >= 4 is 23.9 Å². The Bertz CT molecular complexity index is 1760. The van der Waals surface area contributed by atoms with E-state index in [0.29, 0.717) is 12.1 Å². The zero-order chi connectivity index (χ0) is 30.1. The summed E-state index contributed by atoms with van der Waals surface area (Å²) in [6.07, 6.45) is -10.3. The van der Waals surface area contributed by atoms with Crippen molar-refractivity contribution in [3.8, 4) is 33.6 Å². The van der Waals surface area contributed by atoms with Gasteiger partial charge in [0.1, 0.15) is 0 Å². The molecule has 0 fully saturated rings. The second-order valence-corrected chi connectivity index (χ2v) is 9.23. The van der Waals surface area contributed by atoms with Gasteiger partial charge < -0.3 is 9.47 Å². The summed E-state index contributed by atoms with van der Waals surface area (Å²) in [4.78, 5) is 53.7. The first-order valence-electron chi connectivity index (χ1n) is 11.8. The maximum absolute atomic E-state index is 13.7. The van der Waals surface area contributed by atoms with Crippen LogP contribution < -0.4 is 0 Å². The largest absolute Gasteiger partial charge is 0.416 e. The van der Waals surface area contributed by atoms with E-state index in [0.717, 1.165) is 12.1 Å². The Balaban J connectivity index is 1.67. The number of cyclic esters (lactones) is 4. The van der Waals surface area contributed by atoms with Crippen molar-refractivity contribution < 1.29 is 55.0 Å². The molecular formula is C29H11F6NO6. The molecule has 13 heteroatoms. The number of pyridine rings is 1. The number of carbonyl (C=O) groups is 4. The Morgan fingerprint density at radius 3 is 1.29 bits per heavy atom. The monoisotopic (exact) mass is 583 g/mol. The van der Waals surface area contributed by atoms with E-state index >= 15 is 0 Å². The lowest BCUT2D eigenvalue weighted by atomic mass is 9.93. The summed E-state index contributed by atoms with van der Waals surface area (Å²) in [6, 6.07) is 11.3. The van der Waals surface area contributed by atoms with Crippen LogP contribution in [-0.4, -0.2) is 28.9 Å². The molecule has 2 aliphatic rings. The van der Waals surface area contributed by atoms with Gasteiger partial charge in [0.05, 0.1) is 44.8 Å². The molecule has 2 aliphatic heterocycles. The Hall–Kier alpha value is -5.33. The maximum atomic E-state index is 13.7. The lowest BCUT2D eigenvalue weighted by molar-refractivity contribution is -0.143. The smallest absolute Gasteiger partial charge is 0.386 e. The number of esters is 4. The van der Waals surface area contributed by atoms with Crippen LogP contribution in [0.5, 0.6) is 0 Å². The normalized spacial score (nSPS) is 14.5. The van der Waals surface area contributed by atoms with E-state index in [1.165, 1.54) is 36.4 Å². The van der Waals surface area contributed by atoms with Crippen LogP contribution >= 0.6 is 0 Å². The second-order valence-electron chi connectivity index (χ2n) is 9.23. The zero-order valence-corrected chi connectivity index (χ0v) is 20.5. The van der Waals surface area contributed by atoms with E-state index in [1.807, 2.05) is 0 Å². The molecule has 0 unspecified atom stereocenters. The lowest BCUT2D eigenvalue weighted by Crippen LogP contribution is -2.11. The molecule has 0 N–H and O–H groups in total. The predicted molar refractivity (Wildman–Crippen MR) is 130 cm³/mol. The van der Waals surface area contributed by atoms with Crippen LogP contribution in [0, 0.1) is 0 Å². The summed E-state index contributed by atoms with van der Waals surface area (Å²) in [5.41, 5.74) is -4.87. The molecule has 1 aromatic heterocycles. The van der Waals surface area contributed by atoms with Gasteiger partial charge in [0.15, 0.2) is 0 Å². The summed E-state index contributed by atoms with van der Waals surface area (Å²) >= 11 is 0. The van der Waals surface area contributed by atoms with Crippen LogP contribution in [0.2, 0.25) is 0 Å². The molecular weight excluding hydrogens is 572 g/mol. The topological polar surface area (TPSA) is 99.6 Å². The number of hydrogen-bond acceptors (Lipinski definition) is 7. The molecule has 0 amide bonds. The van der Waals surface area contributed by atoms with Gasteiger partial charge in [-0.05, 0) is 53.6 Å². The van der Waals surface area contributed by atoms with Crippen LogP contribution in [0.15, 0.2) is 66.7 Å². The average molecular weight is 583 g/mol. The van der Waals surface area contributed by atoms with Gasteiger partial charge in [-0.15, -0.1) is 0 Å². The number of rotatable bonds is 3. The Morgan fingerprint density at radius 1 is 0.500 bits per heavy atom. The number of hydrogen-bond donors (Lipinski definition) is 0. The number of aromatic nitrogens is 1. The highest BCUT2D eigenvalue weighted by Crippen LogP contribution is 2.41. The summed E-state index contributed by atoms with van der Waals surface area (Å²) < 4.78 is 91.2. The minimum atomic E-state index is -5.14. The highest BCUT2D eigenvalue weighted by Gasteiger charge is 2.38. The van der Waals surface area contributed by atoms with Crippen molar-refractivity contribution in [1.82, 2.24) is 4.98 Å². The first kappa shape index (κ1) is 26.9. The van der Waals surface area contributed by atoms with Crippen LogP contribution in [-0.2, 0) is 21.8 Å². The van der Waals surface area contributed by atoms with E-state index in [9.17, 15) is 45.5 Å². The summed E-state index contributed by atoms with van der Waals surface area (Å²) in [5.74, 6) is -3.98. The number of nitrogens with zero attached hydrogens (tertiary/aromatic N) is 1. The molecule has 0 spiro atoms. The van der Waals surface area contributed by atoms with Crippen molar-refractivity contribution in [3.05, 3.63) is 100 Å². The molecule has 0 saturated heterocycles. The lowest BCUT2D eigenvalue weighted by Gasteiger charge is -2.16. The molecule has 3 aromatic carbocycles. The Morgan fingerprint density at radius 2 is 0.881 bits per heavy atom. The third-order valence-corrected chi connectivity index (χ3v) is 6.65. The first-order valence-corrected chi connectivity index (χ1v) is 11.8. The summed E-state index contributed by atoms with van der Waals surface area (Å²) in [5, 5.41) is 0. The fourth-order valence-electron chi connectivity index (χ4n) is 4.79. The third kappa shape index (κ3) is 4.39. The predicted octanol–water partition coefficient (Wildman–Crippen LogP) is 6.74. The molecule has 7 nitrogen and oxygen atoms in total. The van der Waals surface area contributed by atoms with Gasteiger partial charge in [-0.2, -0.15) is 26.3 Å². The number of fused-ring (bicyclic) bond motifs is 2. The van der Waals surface area contributed by atoms with E-state index in [4.69, 9.17) is 0 Å². The van der Waals surface area contributed by atoms with Gasteiger partial charge in [0.25, 0.3) is 0 Å². The van der Waals surface area contributed by atoms with Gasteiger partial charge >= 0.3 is 36.2 Å². The second kappa shape index (κ2) is 9.09. The third-order valence-electron chi connectivity index (χ3n) is 6.65. The SMILES string of the molecule is O=C1OC(=O)c2c1cccc2-c1cc(-c2cc(C(F)(F)F)cc(C(F)(F)F)c2)cc(-c2cccc3c2C(=O)OC3=O)n1. The molecule has 4 aromatic rings. The fraction of sp³-hybridized carbons (Fsp3) is 0.0690. The van der Waals surface area contributed by atoms with E-state index in [1.54, 1.807) is 0 Å². The minimum Gasteiger partial charge on any atom is -0.386 e. The number of benzene rings is 3. The Kier molecular flexibility index (Phi) is 5.82. The first-order chi connectivity index (χ1) is 19.7. The van der Waals surface area contributed by atoms with Gasteiger partial charge in [-0.3, -0.25) is 0 Å². The summed E-state index contributed by atoms with van der Waals surface area (Å²) in [7, 11) is 0. The molecule has 0 atom stereocenters. The summed E-state index contributed by atoms with van der Waals surface area (Å²) in [6.45, 7) is 0. The van der Waals surface area contributed by atoms with E-state index in [-0.39, 0.29) is 56.4 Å². The number of alkyl halides is 6. The fourth-order valence-corrected chi connectivity index (χ4v) is 4.79. The average Bonchev–Trinajstić information content (AvgIpc) is 3.40. The van der Waals surface area contributed by atoms with E-state index < -0.39 is 52.9 Å². The highest BCUT2D eigenvalue weighted by molar-refractivity contribution is 6.19. The van der Waals surface area contributed by atoms with Gasteiger partial charge in [0.2, 0.25) is 0 Å². The Labute approximate surface area is 230 Å². The van der Waals surface area contributed by atoms with Gasteiger partial charge in [-0.25, -0.2) is 24.2 Å². The molecule has 0 aliphatic carbocycles. The molecule has 0 saturated carbocycles. The van der Waals surface area contributed by atoms with Crippen LogP contribution in [0.1, 0.15) is 52.6 Å².